The van der Waals surface area contributed by atoms with E-state index in [1.807, 2.05) is 19.1 Å². The quantitative estimate of drug-likeness (QED) is 0.873. The average Bonchev–Trinajstić information content (AvgIpc) is 2.57. The van der Waals surface area contributed by atoms with Crippen molar-refractivity contribution in [2.75, 3.05) is 11.9 Å². The smallest absolute Gasteiger partial charge is 0.252 e. The van der Waals surface area contributed by atoms with Crippen LogP contribution in [0.15, 0.2) is 42.7 Å². The Bertz CT molecular complexity index is 761. The number of nitrogens with one attached hydrogen (secondary N) is 1. The van der Waals surface area contributed by atoms with E-state index in [1.165, 1.54) is 17.3 Å². The largest absolute Gasteiger partial charge is 0.386 e. The zero-order valence-electron chi connectivity index (χ0n) is 12.9. The van der Waals surface area contributed by atoms with Gasteiger partial charge < -0.3 is 15.3 Å². The van der Waals surface area contributed by atoms with Gasteiger partial charge in [-0.25, -0.2) is 0 Å². The monoisotopic (exact) mass is 311 g/mol. The van der Waals surface area contributed by atoms with E-state index in [-0.39, 0.29) is 5.91 Å². The predicted octanol–water partition coefficient (Wildman–Crippen LogP) is 1.20. The van der Waals surface area contributed by atoms with E-state index in [0.717, 1.165) is 5.56 Å². The number of pyridine rings is 1. The van der Waals surface area contributed by atoms with Crippen molar-refractivity contribution in [2.45, 2.75) is 19.1 Å². The van der Waals surface area contributed by atoms with E-state index in [4.69, 9.17) is 0 Å². The number of hydrogen-bond acceptors (Lipinski definition) is 4. The molecule has 2 N–H and O–H groups in total. The molecule has 1 aromatic heterocycles. The number of rotatable bonds is 2. The number of aliphatic hydroxyl groups is 1. The maximum Gasteiger partial charge on any atom is 0.252 e. The summed E-state index contributed by atoms with van der Waals surface area (Å²) < 4.78 is 0. The summed E-state index contributed by atoms with van der Waals surface area (Å²) in [6.07, 6.45) is 1.91. The number of nitrogens with zero attached hydrogens (tertiary/aromatic N) is 2. The number of aromatic nitrogens is 1. The van der Waals surface area contributed by atoms with Gasteiger partial charge in [0.1, 0.15) is 12.1 Å². The highest BCUT2D eigenvalue weighted by Gasteiger charge is 2.39. The van der Waals surface area contributed by atoms with Crippen LogP contribution in [0, 0.1) is 6.92 Å². The second kappa shape index (κ2) is 5.81. The molecule has 1 aliphatic rings. The Morgan fingerprint density at radius 1 is 1.26 bits per heavy atom. The molecule has 0 aliphatic carbocycles. The van der Waals surface area contributed by atoms with Gasteiger partial charge in [-0.05, 0) is 30.7 Å². The Hall–Kier alpha value is -2.73. The minimum absolute atomic E-state index is 0.349. The maximum atomic E-state index is 12.5. The summed E-state index contributed by atoms with van der Waals surface area (Å²) in [6, 6.07) is 7.58. The van der Waals surface area contributed by atoms with Gasteiger partial charge >= 0.3 is 0 Å². The Kier molecular flexibility index (Phi) is 3.83. The van der Waals surface area contributed by atoms with Crippen LogP contribution in [-0.4, -0.2) is 35.0 Å². The summed E-state index contributed by atoms with van der Waals surface area (Å²) in [5, 5.41) is 13.1. The minimum Gasteiger partial charge on any atom is -0.386 e. The Morgan fingerprint density at radius 2 is 1.96 bits per heavy atom. The molecule has 2 aromatic rings. The first kappa shape index (κ1) is 15.2. The van der Waals surface area contributed by atoms with Gasteiger partial charge in [-0.2, -0.15) is 0 Å². The molecule has 1 aromatic carbocycles. The van der Waals surface area contributed by atoms with Crippen molar-refractivity contribution in [3.05, 3.63) is 59.4 Å². The van der Waals surface area contributed by atoms with Crippen LogP contribution in [-0.2, 0) is 4.79 Å². The van der Waals surface area contributed by atoms with Gasteiger partial charge in [-0.1, -0.05) is 12.1 Å². The zero-order valence-corrected chi connectivity index (χ0v) is 12.9. The van der Waals surface area contributed by atoms with Crippen molar-refractivity contribution >= 4 is 17.5 Å². The number of fused-ring (bicyclic) bond motifs is 1. The molecule has 0 fully saturated rings. The summed E-state index contributed by atoms with van der Waals surface area (Å²) >= 11 is 0. The zero-order chi connectivity index (χ0) is 16.6. The molecule has 0 bridgehead atoms. The van der Waals surface area contributed by atoms with E-state index in [0.29, 0.717) is 16.8 Å². The van der Waals surface area contributed by atoms with Crippen molar-refractivity contribution in [3.8, 4) is 0 Å². The normalized spacial score (nSPS) is 20.1. The fraction of sp³-hybridized carbons (Fsp3) is 0.235. The lowest BCUT2D eigenvalue weighted by Gasteiger charge is -2.35. The molecule has 2 heterocycles. The van der Waals surface area contributed by atoms with Crippen LogP contribution >= 0.6 is 0 Å². The first-order valence-corrected chi connectivity index (χ1v) is 7.26. The third kappa shape index (κ3) is 2.68. The lowest BCUT2D eigenvalue weighted by molar-refractivity contribution is -0.123. The lowest BCUT2D eigenvalue weighted by atomic mass is 9.93. The number of aryl methyl sites for hydroxylation is 1. The Morgan fingerprint density at radius 3 is 2.65 bits per heavy atom. The summed E-state index contributed by atoms with van der Waals surface area (Å²) in [6.45, 7) is 1.92. The van der Waals surface area contributed by atoms with E-state index in [1.54, 1.807) is 25.2 Å². The van der Waals surface area contributed by atoms with Crippen LogP contribution in [0.1, 0.15) is 27.6 Å². The summed E-state index contributed by atoms with van der Waals surface area (Å²) in [4.78, 5) is 30.1. The molecule has 118 valence electrons. The van der Waals surface area contributed by atoms with Gasteiger partial charge in [-0.15, -0.1) is 0 Å². The molecule has 6 nitrogen and oxygen atoms in total. The molecule has 1 aliphatic heterocycles. The number of likely N-dealkylation sites (N-methyl/N-ethyl adjacent to an activating group) is 1. The summed E-state index contributed by atoms with van der Waals surface area (Å²) in [7, 11) is 1.64. The number of aliphatic hydroxyl groups excluding tert-OH is 1. The molecular formula is C17H17N3O3. The fourth-order valence-corrected chi connectivity index (χ4v) is 2.70. The average molecular weight is 311 g/mol. The van der Waals surface area contributed by atoms with Crippen LogP contribution < -0.4 is 10.2 Å². The molecule has 23 heavy (non-hydrogen) atoms. The molecule has 2 amide bonds. The molecule has 2 atom stereocenters. The Balaban J connectivity index is 1.90. The maximum absolute atomic E-state index is 12.5. The number of amides is 2. The van der Waals surface area contributed by atoms with Crippen LogP contribution in [0.3, 0.4) is 0 Å². The standard InChI is InChI=1S/C17H17N3O3/c1-10-3-4-12-13(9-10)20(2)17(23)14(15(12)21)19-16(22)11-5-7-18-8-6-11/h3-9,14-15,21H,1-2H3,(H,19,22). The van der Waals surface area contributed by atoms with Crippen molar-refractivity contribution < 1.29 is 14.7 Å². The van der Waals surface area contributed by atoms with Crippen LogP contribution in [0.2, 0.25) is 0 Å². The van der Waals surface area contributed by atoms with Gasteiger partial charge in [0.2, 0.25) is 0 Å². The number of carbonyl (C=O) groups is 2. The second-order valence-corrected chi connectivity index (χ2v) is 5.59. The third-order valence-corrected chi connectivity index (χ3v) is 4.01. The number of anilines is 1. The van der Waals surface area contributed by atoms with Crippen LogP contribution in [0.4, 0.5) is 5.69 Å². The molecule has 6 heteroatoms. The minimum atomic E-state index is -1.08. The van der Waals surface area contributed by atoms with E-state index in [9.17, 15) is 14.7 Å². The van der Waals surface area contributed by atoms with E-state index >= 15 is 0 Å². The highest BCUT2D eigenvalue weighted by atomic mass is 16.3. The highest BCUT2D eigenvalue weighted by Crippen LogP contribution is 2.34. The SMILES string of the molecule is Cc1ccc2c(c1)N(C)C(=O)C(NC(=O)c1ccncc1)C2O. The first-order chi connectivity index (χ1) is 11.0. The summed E-state index contributed by atoms with van der Waals surface area (Å²) in [5.41, 5.74) is 2.67. The molecule has 0 spiro atoms. The number of benzene rings is 1. The molecule has 0 saturated heterocycles. The van der Waals surface area contributed by atoms with Crippen molar-refractivity contribution in [1.29, 1.82) is 0 Å². The van der Waals surface area contributed by atoms with Crippen molar-refractivity contribution in [3.63, 3.8) is 0 Å². The number of carbonyl (C=O) groups excluding carboxylic acids is 2. The van der Waals surface area contributed by atoms with E-state index < -0.39 is 18.1 Å². The third-order valence-electron chi connectivity index (χ3n) is 4.01. The molecule has 2 unspecified atom stereocenters. The summed E-state index contributed by atoms with van der Waals surface area (Å²) in [5.74, 6) is -0.772. The second-order valence-electron chi connectivity index (χ2n) is 5.59. The van der Waals surface area contributed by atoms with Gasteiger partial charge in [0.05, 0.1) is 0 Å². The lowest BCUT2D eigenvalue weighted by Crippen LogP contribution is -2.53. The fourth-order valence-electron chi connectivity index (χ4n) is 2.70. The molecular weight excluding hydrogens is 294 g/mol. The van der Waals surface area contributed by atoms with E-state index in [2.05, 4.69) is 10.3 Å². The highest BCUT2D eigenvalue weighted by molar-refractivity contribution is 6.04. The van der Waals surface area contributed by atoms with Crippen molar-refractivity contribution in [2.24, 2.45) is 0 Å². The molecule has 3 rings (SSSR count). The first-order valence-electron chi connectivity index (χ1n) is 7.26. The Labute approximate surface area is 133 Å². The van der Waals surface area contributed by atoms with Crippen LogP contribution in [0.25, 0.3) is 0 Å². The van der Waals surface area contributed by atoms with Gasteiger partial charge in [-0.3, -0.25) is 14.6 Å². The van der Waals surface area contributed by atoms with Gasteiger partial charge in [0.25, 0.3) is 11.8 Å². The van der Waals surface area contributed by atoms with Crippen LogP contribution in [0.5, 0.6) is 0 Å². The topological polar surface area (TPSA) is 82.5 Å². The van der Waals surface area contributed by atoms with Crippen molar-refractivity contribution in [1.82, 2.24) is 10.3 Å². The van der Waals surface area contributed by atoms with Gasteiger partial charge in [0.15, 0.2) is 0 Å². The predicted molar refractivity (Wildman–Crippen MR) is 85.0 cm³/mol. The number of hydrogen-bond donors (Lipinski definition) is 2. The molecule has 0 saturated carbocycles. The van der Waals surface area contributed by atoms with Gasteiger partial charge in [0, 0.05) is 36.3 Å². The molecule has 0 radical (unpaired) electrons.